The van der Waals surface area contributed by atoms with Gasteiger partial charge in [0.2, 0.25) is 5.95 Å². The molecule has 1 saturated heterocycles. The molecular weight excluding hydrogens is 446 g/mol. The molecule has 0 radical (unpaired) electrons. The number of morpholine rings is 1. The van der Waals surface area contributed by atoms with Crippen LogP contribution in [0.25, 0.3) is 0 Å². The second kappa shape index (κ2) is 8.88. The quantitative estimate of drug-likeness (QED) is 0.459. The van der Waals surface area contributed by atoms with E-state index >= 15 is 0 Å². The molecule has 0 amide bonds. The van der Waals surface area contributed by atoms with Crippen LogP contribution in [0, 0.1) is 27.2 Å². The summed E-state index contributed by atoms with van der Waals surface area (Å²) in [5.74, 6) is 0.641. The number of hydrogen-bond donors (Lipinski definition) is 1. The predicted molar refractivity (Wildman–Crippen MR) is 115 cm³/mol. The maximum atomic E-state index is 13.0. The molecule has 1 aliphatic heterocycles. The van der Waals surface area contributed by atoms with Crippen LogP contribution in [0.15, 0.2) is 23.2 Å². The molecule has 1 N–H and O–H groups in total. The summed E-state index contributed by atoms with van der Waals surface area (Å²) in [5.41, 5.74) is -1.58. The number of nitrogens with zero attached hydrogens (tertiary/aromatic N) is 6. The first-order valence-electron chi connectivity index (χ1n) is 9.34. The fraction of sp³-hybridized carbons (Fsp3) is 0.412. The number of nitrogens with one attached hydrogen (secondary N) is 1. The number of aromatic nitrogens is 2. The molecule has 0 saturated carbocycles. The van der Waals surface area contributed by atoms with Crippen molar-refractivity contribution in [3.8, 4) is 0 Å². The van der Waals surface area contributed by atoms with E-state index in [9.17, 15) is 28.6 Å². The molecule has 32 heavy (non-hydrogen) atoms. The smallest absolute Gasteiger partial charge is 0.280 e. The molecule has 1 aromatic carbocycles. The highest BCUT2D eigenvalue weighted by molar-refractivity contribution is 7.92. The van der Waals surface area contributed by atoms with Crippen molar-refractivity contribution in [3.63, 3.8) is 0 Å². The van der Waals surface area contributed by atoms with Gasteiger partial charge in [-0.25, -0.2) is 13.4 Å². The number of sulfonamides is 1. The molecule has 0 atom stereocenters. The third-order valence-electron chi connectivity index (χ3n) is 4.75. The van der Waals surface area contributed by atoms with Crippen molar-refractivity contribution in [1.29, 1.82) is 0 Å². The predicted octanol–water partition coefficient (Wildman–Crippen LogP) is 1.30. The summed E-state index contributed by atoms with van der Waals surface area (Å²) >= 11 is 0. The van der Waals surface area contributed by atoms with Gasteiger partial charge in [-0.3, -0.25) is 25.0 Å². The molecule has 2 aromatic rings. The highest BCUT2D eigenvalue weighted by Gasteiger charge is 2.29. The van der Waals surface area contributed by atoms with Gasteiger partial charge in [-0.2, -0.15) is 4.98 Å². The van der Waals surface area contributed by atoms with Crippen LogP contribution in [0.3, 0.4) is 0 Å². The summed E-state index contributed by atoms with van der Waals surface area (Å²) in [6.45, 7) is 3.37. The number of benzene rings is 1. The Kier molecular flexibility index (Phi) is 6.40. The van der Waals surface area contributed by atoms with Gasteiger partial charge in [0.25, 0.3) is 21.4 Å². The number of nitro benzene ring substituents is 2. The molecule has 1 aromatic heterocycles. The molecule has 0 spiro atoms. The van der Waals surface area contributed by atoms with E-state index in [1.807, 2.05) is 4.90 Å². The van der Waals surface area contributed by atoms with Crippen LogP contribution < -0.4 is 14.5 Å². The lowest BCUT2D eigenvalue weighted by Crippen LogP contribution is -2.37. The highest BCUT2D eigenvalue weighted by atomic mass is 32.2. The molecule has 3 rings (SSSR count). The maximum absolute atomic E-state index is 13.0. The zero-order chi connectivity index (χ0) is 23.6. The van der Waals surface area contributed by atoms with Crippen molar-refractivity contribution in [1.82, 2.24) is 9.97 Å². The van der Waals surface area contributed by atoms with Crippen LogP contribution in [0.1, 0.15) is 5.56 Å². The Labute approximate surface area is 183 Å². The van der Waals surface area contributed by atoms with Crippen LogP contribution in [0.4, 0.5) is 28.8 Å². The summed E-state index contributed by atoms with van der Waals surface area (Å²) in [6, 6.07) is 1.56. The van der Waals surface area contributed by atoms with Gasteiger partial charge in [-0.05, 0) is 6.92 Å². The van der Waals surface area contributed by atoms with E-state index in [2.05, 4.69) is 14.7 Å². The van der Waals surface area contributed by atoms with Gasteiger partial charge in [-0.15, -0.1) is 0 Å². The van der Waals surface area contributed by atoms with Gasteiger partial charge >= 0.3 is 0 Å². The third-order valence-corrected chi connectivity index (χ3v) is 6.09. The van der Waals surface area contributed by atoms with Gasteiger partial charge < -0.3 is 14.5 Å². The number of anilines is 3. The van der Waals surface area contributed by atoms with E-state index < -0.39 is 36.1 Å². The van der Waals surface area contributed by atoms with Crippen molar-refractivity contribution >= 4 is 38.9 Å². The second-order valence-electron chi connectivity index (χ2n) is 7.11. The highest BCUT2D eigenvalue weighted by Crippen LogP contribution is 2.33. The maximum Gasteiger partial charge on any atom is 0.280 e. The van der Waals surface area contributed by atoms with Gasteiger partial charge in [0.15, 0.2) is 5.82 Å². The number of ether oxygens (including phenoxy) is 1. The molecular formula is C17H21N7O7S. The zero-order valence-electron chi connectivity index (χ0n) is 17.5. The Hall–Kier alpha value is -3.59. The second-order valence-corrected chi connectivity index (χ2v) is 8.79. The third kappa shape index (κ3) is 4.67. The molecule has 1 fully saturated rings. The van der Waals surface area contributed by atoms with Gasteiger partial charge in [0, 0.05) is 39.3 Å². The van der Waals surface area contributed by atoms with E-state index in [4.69, 9.17) is 4.74 Å². The monoisotopic (exact) mass is 467 g/mol. The molecule has 2 heterocycles. The summed E-state index contributed by atoms with van der Waals surface area (Å²) in [7, 11) is -1.12. The fourth-order valence-corrected chi connectivity index (χ4v) is 4.17. The van der Waals surface area contributed by atoms with E-state index in [-0.39, 0.29) is 17.1 Å². The zero-order valence-corrected chi connectivity index (χ0v) is 18.3. The first-order valence-corrected chi connectivity index (χ1v) is 10.8. The minimum absolute atomic E-state index is 0.0119. The minimum atomic E-state index is -4.44. The molecule has 15 heteroatoms. The average molecular weight is 467 g/mol. The largest absolute Gasteiger partial charge is 0.378 e. The number of rotatable bonds is 7. The summed E-state index contributed by atoms with van der Waals surface area (Å²) < 4.78 is 33.5. The Morgan fingerprint density at radius 3 is 2.19 bits per heavy atom. The normalized spacial score (nSPS) is 14.2. The fourth-order valence-electron chi connectivity index (χ4n) is 3.09. The molecule has 0 bridgehead atoms. The Morgan fingerprint density at radius 1 is 1.12 bits per heavy atom. The molecule has 0 aliphatic carbocycles. The number of nitro groups is 2. The molecule has 1 aliphatic rings. The Bertz CT molecular complexity index is 1130. The first-order chi connectivity index (χ1) is 15.0. The van der Waals surface area contributed by atoms with Crippen LogP contribution in [-0.2, 0) is 14.8 Å². The lowest BCUT2D eigenvalue weighted by molar-refractivity contribution is -0.395. The Morgan fingerprint density at radius 2 is 1.69 bits per heavy atom. The molecule has 172 valence electrons. The van der Waals surface area contributed by atoms with Gasteiger partial charge in [-0.1, -0.05) is 0 Å². The number of hydrogen-bond acceptors (Lipinski definition) is 11. The van der Waals surface area contributed by atoms with Crippen LogP contribution in [-0.4, -0.2) is 68.6 Å². The van der Waals surface area contributed by atoms with Crippen LogP contribution in [0.2, 0.25) is 0 Å². The van der Waals surface area contributed by atoms with Crippen LogP contribution >= 0.6 is 0 Å². The summed E-state index contributed by atoms with van der Waals surface area (Å²) in [4.78, 5) is 32.3. The first kappa shape index (κ1) is 23.1. The van der Waals surface area contributed by atoms with Crippen molar-refractivity contribution in [2.24, 2.45) is 0 Å². The minimum Gasteiger partial charge on any atom is -0.378 e. The Balaban J connectivity index is 2.02. The topological polar surface area (TPSA) is 174 Å². The molecule has 14 nitrogen and oxygen atoms in total. The van der Waals surface area contributed by atoms with Crippen molar-refractivity contribution < 1.29 is 23.0 Å². The summed E-state index contributed by atoms with van der Waals surface area (Å²) in [6.07, 6.45) is 1.28. The average Bonchev–Trinajstić information content (AvgIpc) is 2.73. The summed E-state index contributed by atoms with van der Waals surface area (Å²) in [5, 5.41) is 22.6. The van der Waals surface area contributed by atoms with Gasteiger partial charge in [0.05, 0.1) is 29.3 Å². The van der Waals surface area contributed by atoms with Crippen LogP contribution in [0.5, 0.6) is 0 Å². The van der Waals surface area contributed by atoms with E-state index in [1.54, 1.807) is 19.0 Å². The van der Waals surface area contributed by atoms with Crippen molar-refractivity contribution in [2.45, 2.75) is 11.8 Å². The van der Waals surface area contributed by atoms with E-state index in [0.29, 0.717) is 32.3 Å². The molecule has 0 unspecified atom stereocenters. The SMILES string of the molecule is Cc1c([N+](=O)[O-])cc(S(=O)(=O)Nc2cnc(N3CCOCC3)nc2N(C)C)cc1[N+](=O)[O-]. The lowest BCUT2D eigenvalue weighted by atomic mass is 10.1. The van der Waals surface area contributed by atoms with Crippen molar-refractivity contribution in [3.05, 3.63) is 44.1 Å². The van der Waals surface area contributed by atoms with Gasteiger partial charge in [0.1, 0.15) is 16.1 Å². The van der Waals surface area contributed by atoms with E-state index in [0.717, 1.165) is 12.1 Å². The van der Waals surface area contributed by atoms with Crippen molar-refractivity contribution in [2.75, 3.05) is 54.9 Å². The van der Waals surface area contributed by atoms with E-state index in [1.165, 1.54) is 13.1 Å². The standard InChI is InChI=1S/C17H21N7O7S/c1-11-14(23(25)26)8-12(9-15(11)24(27)28)32(29,30)20-13-10-18-17(19-16(13)21(2)3)22-4-6-31-7-5-22/h8-10,20H,4-7H2,1-3H3. The lowest BCUT2D eigenvalue weighted by Gasteiger charge is -2.28.